The van der Waals surface area contributed by atoms with Gasteiger partial charge in [0.1, 0.15) is 5.75 Å². The zero-order chi connectivity index (χ0) is 13.5. The van der Waals surface area contributed by atoms with Gasteiger partial charge < -0.3 is 14.2 Å². The number of hydrogen-bond acceptors (Lipinski definition) is 5. The number of hydrogen-bond donors (Lipinski definition) is 0. The van der Waals surface area contributed by atoms with Crippen molar-refractivity contribution in [2.75, 3.05) is 13.9 Å². The van der Waals surface area contributed by atoms with Gasteiger partial charge in [0, 0.05) is 12.3 Å². The topological polar surface area (TPSA) is 57.9 Å². The number of ether oxygens (including phenoxy) is 3. The number of rotatable bonds is 2. The smallest absolute Gasteiger partial charge is 0.231 e. The molecular weight excluding hydrogens is 258 g/mol. The Morgan fingerprint density at radius 1 is 1.15 bits per heavy atom. The lowest BCUT2D eigenvalue weighted by atomic mass is 10.1. The fraction of sp³-hybridized carbons (Fsp3) is 0.143. The van der Waals surface area contributed by atoms with E-state index in [2.05, 4.69) is 10.2 Å². The quantitative estimate of drug-likeness (QED) is 0.713. The van der Waals surface area contributed by atoms with E-state index in [9.17, 15) is 0 Å². The van der Waals surface area contributed by atoms with E-state index in [1.165, 1.54) is 0 Å². The molecule has 3 aromatic rings. The largest absolute Gasteiger partial charge is 0.496 e. The molecule has 0 unspecified atom stereocenters. The Balaban J connectivity index is 1.97. The van der Waals surface area contributed by atoms with Crippen molar-refractivity contribution >= 4 is 5.65 Å². The lowest BCUT2D eigenvalue weighted by Gasteiger charge is -2.08. The first kappa shape index (κ1) is 11.1. The summed E-state index contributed by atoms with van der Waals surface area (Å²) in [6, 6.07) is 9.42. The van der Waals surface area contributed by atoms with Crippen LogP contribution in [-0.2, 0) is 0 Å². The summed E-state index contributed by atoms with van der Waals surface area (Å²) in [5, 5.41) is 8.39. The molecule has 1 aliphatic heterocycles. The highest BCUT2D eigenvalue weighted by atomic mass is 16.7. The number of aromatic nitrogens is 3. The van der Waals surface area contributed by atoms with Crippen LogP contribution >= 0.6 is 0 Å². The average Bonchev–Trinajstić information content (AvgIpc) is 3.11. The van der Waals surface area contributed by atoms with Crippen molar-refractivity contribution in [1.29, 1.82) is 0 Å². The molecule has 0 bridgehead atoms. The van der Waals surface area contributed by atoms with E-state index in [0.29, 0.717) is 23.1 Å². The summed E-state index contributed by atoms with van der Waals surface area (Å²) in [6.45, 7) is 0.225. The summed E-state index contributed by atoms with van der Waals surface area (Å²) in [4.78, 5) is 0. The predicted octanol–water partition coefficient (Wildman–Crippen LogP) is 2.13. The number of benzene rings is 1. The van der Waals surface area contributed by atoms with Crippen molar-refractivity contribution in [2.24, 2.45) is 0 Å². The Hall–Kier alpha value is -2.76. The van der Waals surface area contributed by atoms with Crippen molar-refractivity contribution in [1.82, 2.24) is 14.6 Å². The molecule has 0 spiro atoms. The number of nitrogens with zero attached hydrogens (tertiary/aromatic N) is 3. The second kappa shape index (κ2) is 4.12. The molecule has 0 N–H and O–H groups in total. The van der Waals surface area contributed by atoms with Crippen LogP contribution in [0.1, 0.15) is 0 Å². The van der Waals surface area contributed by atoms with Crippen LogP contribution < -0.4 is 14.2 Å². The number of methoxy groups -OCH3 is 1. The van der Waals surface area contributed by atoms with Gasteiger partial charge in [-0.1, -0.05) is 6.07 Å². The van der Waals surface area contributed by atoms with Crippen molar-refractivity contribution in [3.05, 3.63) is 36.5 Å². The highest BCUT2D eigenvalue weighted by Crippen LogP contribution is 2.41. The van der Waals surface area contributed by atoms with Gasteiger partial charge in [0.15, 0.2) is 23.0 Å². The van der Waals surface area contributed by atoms with E-state index >= 15 is 0 Å². The first-order valence-corrected chi connectivity index (χ1v) is 6.14. The summed E-state index contributed by atoms with van der Waals surface area (Å²) in [5.41, 5.74) is 1.60. The summed E-state index contributed by atoms with van der Waals surface area (Å²) >= 11 is 0. The van der Waals surface area contributed by atoms with Crippen LogP contribution in [0.2, 0.25) is 0 Å². The monoisotopic (exact) mass is 269 g/mol. The van der Waals surface area contributed by atoms with Gasteiger partial charge in [0.25, 0.3) is 0 Å². The maximum Gasteiger partial charge on any atom is 0.231 e. The Morgan fingerprint density at radius 2 is 2.00 bits per heavy atom. The molecule has 1 aromatic carbocycles. The summed E-state index contributed by atoms with van der Waals surface area (Å²) in [5.74, 6) is 2.75. The van der Waals surface area contributed by atoms with Gasteiger partial charge >= 0.3 is 0 Å². The molecule has 0 fully saturated rings. The van der Waals surface area contributed by atoms with Gasteiger partial charge in [-0.15, -0.1) is 10.2 Å². The summed E-state index contributed by atoms with van der Waals surface area (Å²) < 4.78 is 18.1. The zero-order valence-corrected chi connectivity index (χ0v) is 10.7. The Bertz CT molecular complexity index is 797. The normalized spacial score (nSPS) is 12.8. The molecule has 100 valence electrons. The first-order chi connectivity index (χ1) is 9.86. The molecule has 0 aliphatic carbocycles. The number of fused-ring (bicyclic) bond motifs is 2. The van der Waals surface area contributed by atoms with E-state index < -0.39 is 0 Å². The lowest BCUT2D eigenvalue weighted by molar-refractivity contribution is 0.174. The third kappa shape index (κ3) is 1.51. The van der Waals surface area contributed by atoms with Crippen LogP contribution in [0, 0.1) is 0 Å². The molecule has 0 saturated carbocycles. The van der Waals surface area contributed by atoms with Crippen molar-refractivity contribution < 1.29 is 14.2 Å². The molecule has 2 aromatic heterocycles. The summed E-state index contributed by atoms with van der Waals surface area (Å²) in [6.07, 6.45) is 1.91. The second-order valence-electron chi connectivity index (χ2n) is 4.36. The molecule has 1 aliphatic rings. The maximum atomic E-state index is 5.43. The lowest BCUT2D eigenvalue weighted by Crippen LogP contribution is -1.93. The molecule has 0 amide bonds. The fourth-order valence-corrected chi connectivity index (χ4v) is 2.29. The number of pyridine rings is 1. The van der Waals surface area contributed by atoms with Gasteiger partial charge in [-0.3, -0.25) is 4.40 Å². The van der Waals surface area contributed by atoms with Crippen molar-refractivity contribution in [2.45, 2.75) is 0 Å². The Kier molecular flexibility index (Phi) is 2.29. The molecule has 20 heavy (non-hydrogen) atoms. The standard InChI is InChI=1S/C14H11N3O3/c1-18-10-7-12-11(19-8-20-12)6-9(10)14-16-15-13-4-2-3-5-17(13)14/h2-7H,8H2,1H3. The molecule has 6 heteroatoms. The van der Waals surface area contributed by atoms with Crippen molar-refractivity contribution in [3.63, 3.8) is 0 Å². The predicted molar refractivity (Wildman–Crippen MR) is 71.1 cm³/mol. The molecule has 0 atom stereocenters. The van der Waals surface area contributed by atoms with Crippen LogP contribution in [0.3, 0.4) is 0 Å². The van der Waals surface area contributed by atoms with Gasteiger partial charge in [0.05, 0.1) is 12.7 Å². The van der Waals surface area contributed by atoms with Crippen LogP contribution in [-0.4, -0.2) is 28.5 Å². The SMILES string of the molecule is COc1cc2c(cc1-c1nnc3ccccn13)OCO2. The minimum Gasteiger partial charge on any atom is -0.496 e. The fourth-order valence-electron chi connectivity index (χ4n) is 2.29. The third-order valence-corrected chi connectivity index (χ3v) is 3.25. The molecule has 6 nitrogen and oxygen atoms in total. The van der Waals surface area contributed by atoms with Crippen LogP contribution in [0.4, 0.5) is 0 Å². The highest BCUT2D eigenvalue weighted by molar-refractivity contribution is 5.71. The zero-order valence-electron chi connectivity index (χ0n) is 10.7. The first-order valence-electron chi connectivity index (χ1n) is 6.14. The molecule has 0 radical (unpaired) electrons. The van der Waals surface area contributed by atoms with E-state index in [1.807, 2.05) is 40.9 Å². The van der Waals surface area contributed by atoms with Crippen LogP contribution in [0.5, 0.6) is 17.2 Å². The van der Waals surface area contributed by atoms with Gasteiger partial charge in [0.2, 0.25) is 6.79 Å². The van der Waals surface area contributed by atoms with Crippen LogP contribution in [0.15, 0.2) is 36.5 Å². The molecular formula is C14H11N3O3. The Labute approximate surface area is 114 Å². The summed E-state index contributed by atoms with van der Waals surface area (Å²) in [7, 11) is 1.62. The van der Waals surface area contributed by atoms with Crippen molar-refractivity contribution in [3.8, 4) is 28.6 Å². The minimum absolute atomic E-state index is 0.225. The van der Waals surface area contributed by atoms with Crippen LogP contribution in [0.25, 0.3) is 17.0 Å². The van der Waals surface area contributed by atoms with E-state index in [-0.39, 0.29) is 6.79 Å². The van der Waals surface area contributed by atoms with Gasteiger partial charge in [-0.25, -0.2) is 0 Å². The Morgan fingerprint density at radius 3 is 2.85 bits per heavy atom. The van der Waals surface area contributed by atoms with Gasteiger partial charge in [-0.2, -0.15) is 0 Å². The maximum absolute atomic E-state index is 5.43. The van der Waals surface area contributed by atoms with E-state index in [1.54, 1.807) is 7.11 Å². The third-order valence-electron chi connectivity index (χ3n) is 3.25. The van der Waals surface area contributed by atoms with E-state index in [4.69, 9.17) is 14.2 Å². The molecule has 0 saturated heterocycles. The molecule has 3 heterocycles. The van der Waals surface area contributed by atoms with Gasteiger partial charge in [-0.05, 0) is 18.2 Å². The minimum atomic E-state index is 0.225. The average molecular weight is 269 g/mol. The second-order valence-corrected chi connectivity index (χ2v) is 4.36. The highest BCUT2D eigenvalue weighted by Gasteiger charge is 2.21. The molecule has 4 rings (SSSR count). The van der Waals surface area contributed by atoms with E-state index in [0.717, 1.165) is 11.2 Å².